The van der Waals surface area contributed by atoms with Crippen molar-refractivity contribution in [3.8, 4) is 5.88 Å². The van der Waals surface area contributed by atoms with Crippen LogP contribution in [0.2, 0.25) is 0 Å². The molecule has 0 atom stereocenters. The van der Waals surface area contributed by atoms with Gasteiger partial charge in [0.05, 0.1) is 7.11 Å². The van der Waals surface area contributed by atoms with Crippen molar-refractivity contribution >= 4 is 0 Å². The molecule has 0 spiro atoms. The number of ether oxygens (including phenoxy) is 1. The molecule has 0 aliphatic heterocycles. The summed E-state index contributed by atoms with van der Waals surface area (Å²) in [6, 6.07) is 0. The van der Waals surface area contributed by atoms with E-state index in [0.29, 0.717) is 5.88 Å². The Kier molecular flexibility index (Phi) is 2.25. The molecule has 0 fully saturated rings. The molecule has 0 N–H and O–H groups in total. The Hall–Kier alpha value is -1.32. The first-order chi connectivity index (χ1) is 5.26. The van der Waals surface area contributed by atoms with Gasteiger partial charge in [-0.15, -0.1) is 0 Å². The van der Waals surface area contributed by atoms with Crippen LogP contribution < -0.4 is 14.3 Å². The summed E-state index contributed by atoms with van der Waals surface area (Å²) >= 11 is 0. The molecule has 0 radical (unpaired) electrons. The second kappa shape index (κ2) is 3.18. The lowest BCUT2D eigenvalue weighted by Gasteiger charge is -1.96. The van der Waals surface area contributed by atoms with Gasteiger partial charge in [0, 0.05) is 4.73 Å². The number of nitrogens with zero attached hydrogens (tertiary/aromatic N) is 2. The molecule has 1 aromatic rings. The predicted octanol–water partition coefficient (Wildman–Crippen LogP) is -0.255. The number of aromatic nitrogens is 2. The number of aryl methyl sites for hydroxylation is 1. The molecule has 0 aliphatic rings. The van der Waals surface area contributed by atoms with Crippen molar-refractivity contribution in [3.63, 3.8) is 0 Å². The van der Waals surface area contributed by atoms with Crippen molar-refractivity contribution in [2.75, 3.05) is 14.2 Å². The molecule has 0 aliphatic carbocycles. The minimum Gasteiger partial charge on any atom is -0.477 e. The minimum absolute atomic E-state index is 0.548. The molecular weight excluding hydrogens is 144 g/mol. The van der Waals surface area contributed by atoms with Gasteiger partial charge in [0.1, 0.15) is 12.8 Å². The van der Waals surface area contributed by atoms with Gasteiger partial charge in [-0.2, -0.15) is 0 Å². The van der Waals surface area contributed by atoms with Crippen LogP contribution in [0.15, 0.2) is 12.4 Å². The van der Waals surface area contributed by atoms with Crippen LogP contribution in [-0.4, -0.2) is 19.2 Å². The molecule has 1 rings (SSSR count). The third-order valence-electron chi connectivity index (χ3n) is 1.26. The number of hydrogen-bond donors (Lipinski definition) is 0. The third kappa shape index (κ3) is 1.80. The Balaban J connectivity index is 3.02. The van der Waals surface area contributed by atoms with E-state index >= 15 is 0 Å². The van der Waals surface area contributed by atoms with Gasteiger partial charge in [-0.25, -0.2) is 4.98 Å². The third-order valence-corrected chi connectivity index (χ3v) is 1.26. The largest absolute Gasteiger partial charge is 0.477 e. The molecule has 0 saturated carbocycles. The number of rotatable bonds is 2. The first-order valence-electron chi connectivity index (χ1n) is 3.24. The average molecular weight is 155 g/mol. The van der Waals surface area contributed by atoms with E-state index < -0.39 is 0 Å². The SMILES string of the molecule is COc1c[n+](OC)cc(C)n1. The Morgan fingerprint density at radius 3 is 2.64 bits per heavy atom. The maximum atomic E-state index is 4.93. The fourth-order valence-corrected chi connectivity index (χ4v) is 0.766. The van der Waals surface area contributed by atoms with Crippen molar-refractivity contribution in [2.24, 2.45) is 0 Å². The highest BCUT2D eigenvalue weighted by atomic mass is 16.6. The topological polar surface area (TPSA) is 35.2 Å². The summed E-state index contributed by atoms with van der Waals surface area (Å²) in [5.41, 5.74) is 0.853. The van der Waals surface area contributed by atoms with Crippen molar-refractivity contribution < 1.29 is 14.3 Å². The van der Waals surface area contributed by atoms with Gasteiger partial charge >= 0.3 is 0 Å². The fourth-order valence-electron chi connectivity index (χ4n) is 0.766. The molecule has 60 valence electrons. The van der Waals surface area contributed by atoms with Gasteiger partial charge in [0.25, 0.3) is 12.1 Å². The average Bonchev–Trinajstić information content (AvgIpc) is 2.03. The predicted molar refractivity (Wildman–Crippen MR) is 38.2 cm³/mol. The summed E-state index contributed by atoms with van der Waals surface area (Å²) in [6.45, 7) is 1.87. The normalized spacial score (nSPS) is 9.36. The molecule has 0 amide bonds. The highest BCUT2D eigenvalue weighted by Gasteiger charge is 2.05. The number of hydrogen-bond acceptors (Lipinski definition) is 3. The Morgan fingerprint density at radius 1 is 1.36 bits per heavy atom. The van der Waals surface area contributed by atoms with Crippen LogP contribution in [0.3, 0.4) is 0 Å². The Labute approximate surface area is 65.4 Å². The lowest BCUT2D eigenvalue weighted by atomic mass is 10.5. The van der Waals surface area contributed by atoms with E-state index in [9.17, 15) is 0 Å². The molecule has 11 heavy (non-hydrogen) atoms. The van der Waals surface area contributed by atoms with E-state index in [4.69, 9.17) is 9.57 Å². The van der Waals surface area contributed by atoms with Gasteiger partial charge in [0.2, 0.25) is 6.20 Å². The van der Waals surface area contributed by atoms with Crippen molar-refractivity contribution in [1.29, 1.82) is 0 Å². The molecule has 1 heterocycles. The molecule has 4 nitrogen and oxygen atoms in total. The first-order valence-corrected chi connectivity index (χ1v) is 3.24. The molecule has 0 bridgehead atoms. The summed E-state index contributed by atoms with van der Waals surface area (Å²) in [7, 11) is 3.15. The maximum absolute atomic E-state index is 4.93. The number of methoxy groups -OCH3 is 1. The lowest BCUT2D eigenvalue weighted by Crippen LogP contribution is -2.40. The summed E-state index contributed by atoms with van der Waals surface area (Å²) in [5, 5.41) is 0. The zero-order chi connectivity index (χ0) is 8.27. The zero-order valence-corrected chi connectivity index (χ0v) is 6.87. The van der Waals surface area contributed by atoms with E-state index in [2.05, 4.69) is 4.98 Å². The standard InChI is InChI=1S/C7H11N2O2/c1-6-4-9(11-3)5-7(8-6)10-2/h4-5H,1-3H3/q+1. The summed E-state index contributed by atoms with van der Waals surface area (Å²) < 4.78 is 6.47. The highest BCUT2D eigenvalue weighted by Crippen LogP contribution is 2.00. The van der Waals surface area contributed by atoms with Crippen LogP contribution in [0.25, 0.3) is 0 Å². The molecule has 0 aromatic carbocycles. The van der Waals surface area contributed by atoms with E-state index in [-0.39, 0.29) is 0 Å². The second-order valence-electron chi connectivity index (χ2n) is 2.10. The summed E-state index contributed by atoms with van der Waals surface area (Å²) in [4.78, 5) is 9.01. The van der Waals surface area contributed by atoms with Crippen LogP contribution in [-0.2, 0) is 0 Å². The van der Waals surface area contributed by atoms with Crippen LogP contribution >= 0.6 is 0 Å². The minimum atomic E-state index is 0.548. The van der Waals surface area contributed by atoms with E-state index in [1.807, 2.05) is 6.92 Å². The van der Waals surface area contributed by atoms with Crippen LogP contribution in [0.4, 0.5) is 0 Å². The zero-order valence-electron chi connectivity index (χ0n) is 6.87. The van der Waals surface area contributed by atoms with Gasteiger partial charge in [-0.1, -0.05) is 0 Å². The quantitative estimate of drug-likeness (QED) is 0.552. The summed E-state index contributed by atoms with van der Waals surface area (Å²) in [6.07, 6.45) is 3.43. The van der Waals surface area contributed by atoms with Gasteiger partial charge in [0.15, 0.2) is 0 Å². The smallest absolute Gasteiger partial charge is 0.284 e. The van der Waals surface area contributed by atoms with E-state index in [1.54, 1.807) is 31.3 Å². The van der Waals surface area contributed by atoms with Crippen molar-refractivity contribution in [3.05, 3.63) is 18.1 Å². The first kappa shape index (κ1) is 7.78. The second-order valence-corrected chi connectivity index (χ2v) is 2.10. The monoisotopic (exact) mass is 155 g/mol. The highest BCUT2D eigenvalue weighted by molar-refractivity contribution is 5.01. The van der Waals surface area contributed by atoms with E-state index in [1.165, 1.54) is 0 Å². The Morgan fingerprint density at radius 2 is 2.09 bits per heavy atom. The molecule has 0 unspecified atom stereocenters. The molecule has 4 heteroatoms. The molecular formula is C7H11N2O2+. The summed E-state index contributed by atoms with van der Waals surface area (Å²) in [5.74, 6) is 0.548. The van der Waals surface area contributed by atoms with Gasteiger partial charge in [-0.05, 0) is 6.92 Å². The van der Waals surface area contributed by atoms with Crippen LogP contribution in [0, 0.1) is 6.92 Å². The Bertz CT molecular complexity index is 228. The van der Waals surface area contributed by atoms with Crippen molar-refractivity contribution in [2.45, 2.75) is 6.92 Å². The van der Waals surface area contributed by atoms with Gasteiger partial charge < -0.3 is 4.74 Å². The van der Waals surface area contributed by atoms with Crippen LogP contribution in [0.5, 0.6) is 5.88 Å². The van der Waals surface area contributed by atoms with Crippen molar-refractivity contribution in [1.82, 2.24) is 4.98 Å². The fraction of sp³-hybridized carbons (Fsp3) is 0.429. The lowest BCUT2D eigenvalue weighted by molar-refractivity contribution is -0.886. The van der Waals surface area contributed by atoms with E-state index in [0.717, 1.165) is 5.69 Å². The molecule has 0 saturated heterocycles. The van der Waals surface area contributed by atoms with Gasteiger partial charge in [-0.3, -0.25) is 4.84 Å². The molecule has 1 aromatic heterocycles. The van der Waals surface area contributed by atoms with Crippen LogP contribution in [0.1, 0.15) is 5.69 Å². The maximum Gasteiger partial charge on any atom is 0.284 e.